The molecule has 10 heteroatoms. The van der Waals surface area contributed by atoms with Gasteiger partial charge in [-0.2, -0.15) is 13.2 Å². The summed E-state index contributed by atoms with van der Waals surface area (Å²) >= 11 is 6.22. The van der Waals surface area contributed by atoms with Gasteiger partial charge in [-0.25, -0.2) is 4.99 Å². The van der Waals surface area contributed by atoms with Gasteiger partial charge in [-0.05, 0) is 24.6 Å². The van der Waals surface area contributed by atoms with Crippen molar-refractivity contribution >= 4 is 41.5 Å². The summed E-state index contributed by atoms with van der Waals surface area (Å²) in [6.07, 6.45) is -4.36. The molecule has 0 amide bonds. The van der Waals surface area contributed by atoms with Crippen molar-refractivity contribution in [2.24, 2.45) is 4.99 Å². The minimum absolute atomic E-state index is 0. The fourth-order valence-electron chi connectivity index (χ4n) is 2.21. The first-order valence-corrected chi connectivity index (χ1v) is 8.44. The number of halogens is 5. The highest BCUT2D eigenvalue weighted by atomic mass is 127. The molecule has 0 saturated heterocycles. The summed E-state index contributed by atoms with van der Waals surface area (Å²) in [5, 5.41) is 6.00. The summed E-state index contributed by atoms with van der Waals surface area (Å²) in [5.74, 6) is 1.39. The lowest BCUT2D eigenvalue weighted by Gasteiger charge is -2.13. The predicted molar refractivity (Wildman–Crippen MR) is 106 cm³/mol. The monoisotopic (exact) mass is 507 g/mol. The van der Waals surface area contributed by atoms with Gasteiger partial charge in [0.1, 0.15) is 0 Å². The van der Waals surface area contributed by atoms with Crippen LogP contribution in [0.1, 0.15) is 25.3 Å². The average Bonchev–Trinajstić information content (AvgIpc) is 2.77. The van der Waals surface area contributed by atoms with E-state index in [9.17, 15) is 13.2 Å². The topological polar surface area (TPSA) is 54.9 Å². The summed E-state index contributed by atoms with van der Waals surface area (Å²) in [7, 11) is 0. The van der Waals surface area contributed by atoms with Crippen LogP contribution < -0.4 is 20.1 Å². The second-order valence-corrected chi connectivity index (χ2v) is 5.85. The van der Waals surface area contributed by atoms with Gasteiger partial charge in [0.15, 0.2) is 17.5 Å². The lowest BCUT2D eigenvalue weighted by molar-refractivity contribution is -0.132. The van der Waals surface area contributed by atoms with Gasteiger partial charge in [0, 0.05) is 19.5 Å². The molecule has 1 aliphatic heterocycles. The number of nitrogens with zero attached hydrogens (tertiary/aromatic N) is 1. The highest BCUT2D eigenvalue weighted by Gasteiger charge is 2.26. The van der Waals surface area contributed by atoms with Crippen molar-refractivity contribution in [3.63, 3.8) is 0 Å². The van der Waals surface area contributed by atoms with Gasteiger partial charge in [0.25, 0.3) is 0 Å². The van der Waals surface area contributed by atoms with E-state index in [2.05, 4.69) is 15.6 Å². The van der Waals surface area contributed by atoms with Crippen LogP contribution in [-0.4, -0.2) is 38.4 Å². The molecule has 2 N–H and O–H groups in total. The van der Waals surface area contributed by atoms with Gasteiger partial charge < -0.3 is 20.1 Å². The molecule has 1 heterocycles. The molecule has 1 aromatic carbocycles. The second kappa shape index (κ2) is 10.9. The van der Waals surface area contributed by atoms with Gasteiger partial charge in [-0.1, -0.05) is 11.6 Å². The smallest absolute Gasteiger partial charge is 0.390 e. The van der Waals surface area contributed by atoms with E-state index in [-0.39, 0.29) is 37.1 Å². The molecule has 1 aliphatic rings. The maximum absolute atomic E-state index is 12.2. The van der Waals surface area contributed by atoms with Crippen molar-refractivity contribution in [3.05, 3.63) is 22.7 Å². The molecule has 26 heavy (non-hydrogen) atoms. The summed E-state index contributed by atoms with van der Waals surface area (Å²) in [6, 6.07) is 3.51. The number of alkyl halides is 3. The Kier molecular flexibility index (Phi) is 9.62. The molecule has 148 valence electrons. The lowest BCUT2D eigenvalue weighted by atomic mass is 10.2. The number of guanidine groups is 1. The molecule has 0 spiro atoms. The van der Waals surface area contributed by atoms with Gasteiger partial charge in [0.2, 0.25) is 0 Å². The maximum atomic E-state index is 12.2. The standard InChI is InChI=1S/C16H21ClF3N3O2.HI/c1-2-21-15(22-5-4-16(18,19)20)23-10-11-8-12(17)14-13(9-11)24-6-3-7-25-14;/h8-9H,2-7,10H2,1H3,(H2,21,22,23);1H. The molecular weight excluding hydrogens is 486 g/mol. The van der Waals surface area contributed by atoms with Crippen LogP contribution in [0.4, 0.5) is 13.2 Å². The normalized spacial score (nSPS) is 14.3. The number of ether oxygens (including phenoxy) is 2. The summed E-state index contributed by atoms with van der Waals surface area (Å²) in [6.45, 7) is 3.47. The third kappa shape index (κ3) is 7.65. The number of fused-ring (bicyclic) bond motifs is 1. The molecule has 0 aromatic heterocycles. The predicted octanol–water partition coefficient (Wildman–Crippen LogP) is 4.13. The van der Waals surface area contributed by atoms with E-state index in [4.69, 9.17) is 21.1 Å². The first kappa shape index (κ1) is 22.9. The number of nitrogens with one attached hydrogen (secondary N) is 2. The molecule has 1 aromatic rings. The Labute approximate surface area is 172 Å². The van der Waals surface area contributed by atoms with Crippen LogP contribution in [-0.2, 0) is 6.54 Å². The van der Waals surface area contributed by atoms with E-state index < -0.39 is 12.6 Å². The first-order valence-electron chi connectivity index (χ1n) is 8.06. The van der Waals surface area contributed by atoms with Crippen LogP contribution in [0, 0.1) is 0 Å². The number of benzene rings is 1. The minimum atomic E-state index is -4.20. The highest BCUT2D eigenvalue weighted by Crippen LogP contribution is 2.38. The van der Waals surface area contributed by atoms with Crippen LogP contribution in [0.3, 0.4) is 0 Å². The summed E-state index contributed by atoms with van der Waals surface area (Å²) < 4.78 is 47.9. The third-order valence-electron chi connectivity index (χ3n) is 3.33. The highest BCUT2D eigenvalue weighted by molar-refractivity contribution is 14.0. The molecule has 0 atom stereocenters. The van der Waals surface area contributed by atoms with E-state index in [0.717, 1.165) is 12.0 Å². The van der Waals surface area contributed by atoms with E-state index in [1.165, 1.54) is 0 Å². The van der Waals surface area contributed by atoms with Crippen molar-refractivity contribution < 1.29 is 22.6 Å². The Balaban J connectivity index is 0.00000338. The van der Waals surface area contributed by atoms with E-state index in [1.54, 1.807) is 12.1 Å². The Bertz CT molecular complexity index is 615. The zero-order chi connectivity index (χ0) is 18.3. The molecule has 5 nitrogen and oxygen atoms in total. The van der Waals surface area contributed by atoms with Gasteiger partial charge in [0.05, 0.1) is 31.2 Å². The fraction of sp³-hybridized carbons (Fsp3) is 0.562. The van der Waals surface area contributed by atoms with Crippen LogP contribution in [0.15, 0.2) is 17.1 Å². The van der Waals surface area contributed by atoms with E-state index >= 15 is 0 Å². The Morgan fingerprint density at radius 1 is 1.23 bits per heavy atom. The molecule has 0 bridgehead atoms. The van der Waals surface area contributed by atoms with Crippen molar-refractivity contribution in [3.8, 4) is 11.5 Å². The minimum Gasteiger partial charge on any atom is -0.489 e. The molecule has 0 aliphatic carbocycles. The average molecular weight is 508 g/mol. The number of aliphatic imine (C=N–C) groups is 1. The largest absolute Gasteiger partial charge is 0.489 e. The second-order valence-electron chi connectivity index (χ2n) is 5.44. The first-order chi connectivity index (χ1) is 11.9. The molecule has 0 unspecified atom stereocenters. The van der Waals surface area contributed by atoms with Gasteiger partial charge in [-0.3, -0.25) is 0 Å². The van der Waals surface area contributed by atoms with Crippen LogP contribution >= 0.6 is 35.6 Å². The zero-order valence-electron chi connectivity index (χ0n) is 14.3. The third-order valence-corrected chi connectivity index (χ3v) is 3.61. The van der Waals surface area contributed by atoms with Crippen LogP contribution in [0.2, 0.25) is 5.02 Å². The quantitative estimate of drug-likeness (QED) is 0.358. The van der Waals surface area contributed by atoms with Crippen molar-refractivity contribution in [2.75, 3.05) is 26.3 Å². The summed E-state index contributed by atoms with van der Waals surface area (Å²) in [5.41, 5.74) is 0.780. The zero-order valence-corrected chi connectivity index (χ0v) is 17.4. The Hall–Kier alpha value is -1.10. The molecule has 0 saturated carbocycles. The van der Waals surface area contributed by atoms with Crippen molar-refractivity contribution in [1.29, 1.82) is 0 Å². The number of rotatable bonds is 5. The van der Waals surface area contributed by atoms with Crippen LogP contribution in [0.25, 0.3) is 0 Å². The number of hydrogen-bond acceptors (Lipinski definition) is 3. The van der Waals surface area contributed by atoms with Crippen LogP contribution in [0.5, 0.6) is 11.5 Å². The van der Waals surface area contributed by atoms with E-state index in [0.29, 0.717) is 42.2 Å². The molecule has 0 radical (unpaired) electrons. The van der Waals surface area contributed by atoms with Gasteiger partial charge >= 0.3 is 6.18 Å². The summed E-state index contributed by atoms with van der Waals surface area (Å²) in [4.78, 5) is 4.29. The molecule has 0 fully saturated rings. The maximum Gasteiger partial charge on any atom is 0.390 e. The Morgan fingerprint density at radius 3 is 2.65 bits per heavy atom. The fourth-order valence-corrected chi connectivity index (χ4v) is 2.50. The van der Waals surface area contributed by atoms with Crippen molar-refractivity contribution in [2.45, 2.75) is 32.5 Å². The SMILES string of the molecule is CCNC(=NCc1cc(Cl)c2c(c1)OCCCO2)NCCC(F)(F)F.I. The van der Waals surface area contributed by atoms with Crippen molar-refractivity contribution in [1.82, 2.24) is 10.6 Å². The van der Waals surface area contributed by atoms with Gasteiger partial charge in [-0.15, -0.1) is 24.0 Å². The lowest BCUT2D eigenvalue weighted by Crippen LogP contribution is -2.38. The Morgan fingerprint density at radius 2 is 1.96 bits per heavy atom. The van der Waals surface area contributed by atoms with E-state index in [1.807, 2.05) is 6.92 Å². The molecular formula is C16H22ClF3IN3O2. The number of hydrogen-bond donors (Lipinski definition) is 2. The molecule has 2 rings (SSSR count).